The summed E-state index contributed by atoms with van der Waals surface area (Å²) in [5.41, 5.74) is 7.50. The molecule has 0 spiro atoms. The molecule has 0 aliphatic rings. The number of nitrogens with zero attached hydrogens (tertiary/aromatic N) is 1. The van der Waals surface area contributed by atoms with E-state index in [2.05, 4.69) is 4.98 Å². The summed E-state index contributed by atoms with van der Waals surface area (Å²) >= 11 is 0. The van der Waals surface area contributed by atoms with Crippen LogP contribution in [0.5, 0.6) is 0 Å². The van der Waals surface area contributed by atoms with Crippen molar-refractivity contribution in [1.29, 1.82) is 0 Å². The molecule has 1 aromatic carbocycles. The van der Waals surface area contributed by atoms with Crippen LogP contribution in [0.1, 0.15) is 12.6 Å². The van der Waals surface area contributed by atoms with Crippen molar-refractivity contribution >= 4 is 5.82 Å². The molecule has 0 radical (unpaired) electrons. The third-order valence-electron chi connectivity index (χ3n) is 2.50. The number of nitrogen functional groups attached to an aromatic ring is 1. The van der Waals surface area contributed by atoms with Crippen molar-refractivity contribution < 1.29 is 8.78 Å². The first-order valence-electron chi connectivity index (χ1n) is 5.32. The van der Waals surface area contributed by atoms with Gasteiger partial charge in [-0.2, -0.15) is 0 Å². The summed E-state index contributed by atoms with van der Waals surface area (Å²) in [6.07, 6.45) is 0.651. The normalized spacial score (nSPS) is 10.5. The van der Waals surface area contributed by atoms with Gasteiger partial charge in [0.05, 0.1) is 5.69 Å². The van der Waals surface area contributed by atoms with Crippen molar-refractivity contribution in [3.05, 3.63) is 47.7 Å². The second-order valence-corrected chi connectivity index (χ2v) is 3.74. The van der Waals surface area contributed by atoms with Crippen LogP contribution in [0.3, 0.4) is 0 Å². The van der Waals surface area contributed by atoms with E-state index in [1.807, 2.05) is 6.92 Å². The van der Waals surface area contributed by atoms with E-state index in [4.69, 9.17) is 5.73 Å². The molecule has 4 heteroatoms. The first-order chi connectivity index (χ1) is 8.10. The number of rotatable bonds is 2. The minimum absolute atomic E-state index is 0.405. The van der Waals surface area contributed by atoms with Crippen LogP contribution in [0.4, 0.5) is 14.6 Å². The highest BCUT2D eigenvalue weighted by Crippen LogP contribution is 2.25. The fourth-order valence-electron chi connectivity index (χ4n) is 1.76. The van der Waals surface area contributed by atoms with Gasteiger partial charge in [-0.1, -0.05) is 6.92 Å². The zero-order valence-electron chi connectivity index (χ0n) is 9.37. The summed E-state index contributed by atoms with van der Waals surface area (Å²) in [4.78, 5) is 4.16. The second-order valence-electron chi connectivity index (χ2n) is 3.74. The molecule has 1 aromatic heterocycles. The molecule has 1 heterocycles. The van der Waals surface area contributed by atoms with E-state index in [1.54, 1.807) is 12.1 Å². The summed E-state index contributed by atoms with van der Waals surface area (Å²) < 4.78 is 26.3. The zero-order chi connectivity index (χ0) is 12.4. The molecule has 88 valence electrons. The third kappa shape index (κ3) is 2.41. The number of aryl methyl sites for hydroxylation is 1. The highest BCUT2D eigenvalue weighted by atomic mass is 19.1. The molecule has 0 fully saturated rings. The highest BCUT2D eigenvalue weighted by molar-refractivity contribution is 5.67. The van der Waals surface area contributed by atoms with E-state index in [9.17, 15) is 8.78 Å². The molecule has 0 saturated carbocycles. The van der Waals surface area contributed by atoms with E-state index in [0.717, 1.165) is 11.8 Å². The van der Waals surface area contributed by atoms with Crippen molar-refractivity contribution in [2.45, 2.75) is 13.3 Å². The fourth-order valence-corrected chi connectivity index (χ4v) is 1.76. The van der Waals surface area contributed by atoms with Gasteiger partial charge in [-0.25, -0.2) is 13.8 Å². The van der Waals surface area contributed by atoms with Gasteiger partial charge in [0.2, 0.25) is 0 Å². The van der Waals surface area contributed by atoms with Crippen molar-refractivity contribution in [3.63, 3.8) is 0 Å². The van der Waals surface area contributed by atoms with E-state index in [-0.39, 0.29) is 0 Å². The molecule has 2 nitrogen and oxygen atoms in total. The topological polar surface area (TPSA) is 38.9 Å². The Balaban J connectivity index is 2.59. The molecule has 2 aromatic rings. The fraction of sp³-hybridized carbons (Fsp3) is 0.154. The Kier molecular flexibility index (Phi) is 3.04. The van der Waals surface area contributed by atoms with Gasteiger partial charge in [-0.3, -0.25) is 0 Å². The smallest absolute Gasteiger partial charge is 0.126 e. The molecule has 0 atom stereocenters. The minimum atomic E-state index is -0.598. The number of hydrogen-bond acceptors (Lipinski definition) is 2. The second kappa shape index (κ2) is 4.49. The Morgan fingerprint density at radius 2 is 1.76 bits per heavy atom. The van der Waals surface area contributed by atoms with Gasteiger partial charge >= 0.3 is 0 Å². The summed E-state index contributed by atoms with van der Waals surface area (Å²) in [5, 5.41) is 0. The monoisotopic (exact) mass is 234 g/mol. The van der Waals surface area contributed by atoms with Gasteiger partial charge in [0.25, 0.3) is 0 Å². The number of aromatic nitrogens is 1. The lowest BCUT2D eigenvalue weighted by atomic mass is 10.0. The first-order valence-corrected chi connectivity index (χ1v) is 5.32. The molecule has 2 N–H and O–H groups in total. The van der Waals surface area contributed by atoms with Crippen LogP contribution in [0, 0.1) is 11.6 Å². The molecule has 0 saturated heterocycles. The van der Waals surface area contributed by atoms with Gasteiger partial charge < -0.3 is 5.73 Å². The first kappa shape index (κ1) is 11.5. The number of benzene rings is 1. The highest BCUT2D eigenvalue weighted by Gasteiger charge is 2.08. The Bertz CT molecular complexity index is 533. The Morgan fingerprint density at radius 1 is 1.12 bits per heavy atom. The minimum Gasteiger partial charge on any atom is -0.384 e. The number of pyridine rings is 1. The molecule has 0 aliphatic carbocycles. The predicted molar refractivity (Wildman–Crippen MR) is 63.4 cm³/mol. The SMILES string of the molecule is CCc1nc(N)ccc1-c1cc(F)cc(F)c1. The molecular formula is C13H12F2N2. The number of anilines is 1. The van der Waals surface area contributed by atoms with Gasteiger partial charge in [0.1, 0.15) is 17.5 Å². The Morgan fingerprint density at radius 3 is 2.35 bits per heavy atom. The molecule has 17 heavy (non-hydrogen) atoms. The van der Waals surface area contributed by atoms with Gasteiger partial charge in [0.15, 0.2) is 0 Å². The number of hydrogen-bond donors (Lipinski definition) is 1. The van der Waals surface area contributed by atoms with Crippen molar-refractivity contribution in [3.8, 4) is 11.1 Å². The maximum atomic E-state index is 13.1. The van der Waals surface area contributed by atoms with Crippen LogP contribution in [-0.2, 0) is 6.42 Å². The summed E-state index contributed by atoms with van der Waals surface area (Å²) in [5.74, 6) is -0.791. The number of halogens is 2. The lowest BCUT2D eigenvalue weighted by molar-refractivity contribution is 0.584. The lowest BCUT2D eigenvalue weighted by Gasteiger charge is -2.08. The molecule has 2 rings (SSSR count). The molecule has 0 aliphatic heterocycles. The van der Waals surface area contributed by atoms with E-state index in [0.29, 0.717) is 23.4 Å². The molecule has 0 unspecified atom stereocenters. The van der Waals surface area contributed by atoms with E-state index in [1.165, 1.54) is 12.1 Å². The van der Waals surface area contributed by atoms with Crippen LogP contribution < -0.4 is 5.73 Å². The molecular weight excluding hydrogens is 222 g/mol. The van der Waals surface area contributed by atoms with Crippen LogP contribution in [-0.4, -0.2) is 4.98 Å². The summed E-state index contributed by atoms with van der Waals surface area (Å²) in [6, 6.07) is 6.78. The van der Waals surface area contributed by atoms with Crippen LogP contribution in [0.15, 0.2) is 30.3 Å². The van der Waals surface area contributed by atoms with E-state index < -0.39 is 11.6 Å². The molecule has 0 amide bonds. The predicted octanol–water partition coefficient (Wildman–Crippen LogP) is 3.17. The van der Waals surface area contributed by atoms with Crippen LogP contribution in [0.2, 0.25) is 0 Å². The maximum Gasteiger partial charge on any atom is 0.126 e. The standard InChI is InChI=1S/C13H12F2N2/c1-2-12-11(3-4-13(16)17-12)8-5-9(14)7-10(15)6-8/h3-7H,2H2,1H3,(H2,16,17). The Labute approximate surface area is 98.1 Å². The average molecular weight is 234 g/mol. The van der Waals surface area contributed by atoms with Crippen molar-refractivity contribution in [1.82, 2.24) is 4.98 Å². The summed E-state index contributed by atoms with van der Waals surface area (Å²) in [6.45, 7) is 1.92. The average Bonchev–Trinajstić information content (AvgIpc) is 2.27. The molecule has 0 bridgehead atoms. The lowest BCUT2D eigenvalue weighted by Crippen LogP contribution is -1.98. The van der Waals surface area contributed by atoms with Crippen LogP contribution in [0.25, 0.3) is 11.1 Å². The van der Waals surface area contributed by atoms with Gasteiger partial charge in [0, 0.05) is 11.6 Å². The quantitative estimate of drug-likeness (QED) is 0.866. The zero-order valence-corrected chi connectivity index (χ0v) is 9.37. The van der Waals surface area contributed by atoms with E-state index >= 15 is 0 Å². The van der Waals surface area contributed by atoms with Gasteiger partial charge in [-0.05, 0) is 36.2 Å². The largest absolute Gasteiger partial charge is 0.384 e. The van der Waals surface area contributed by atoms with Crippen molar-refractivity contribution in [2.75, 3.05) is 5.73 Å². The van der Waals surface area contributed by atoms with Crippen molar-refractivity contribution in [2.24, 2.45) is 0 Å². The van der Waals surface area contributed by atoms with Crippen LogP contribution >= 0.6 is 0 Å². The maximum absolute atomic E-state index is 13.1. The summed E-state index contributed by atoms with van der Waals surface area (Å²) in [7, 11) is 0. The third-order valence-corrected chi connectivity index (χ3v) is 2.50. The van der Waals surface area contributed by atoms with Gasteiger partial charge in [-0.15, -0.1) is 0 Å². The number of nitrogens with two attached hydrogens (primary N) is 1. The Hall–Kier alpha value is -1.97.